The highest BCUT2D eigenvalue weighted by atomic mass is 32.1. The normalized spacial score (nSPS) is 11.4. The average molecular weight is 439 g/mol. The molecule has 0 aliphatic carbocycles. The number of aliphatic imine (C=N–C) groups is 1. The van der Waals surface area contributed by atoms with E-state index < -0.39 is 0 Å². The third kappa shape index (κ3) is 8.03. The molecule has 0 atom stereocenters. The minimum atomic E-state index is 0.620. The van der Waals surface area contributed by atoms with Gasteiger partial charge in [0.05, 0.1) is 23.9 Å². The molecule has 2 N–H and O–H groups in total. The van der Waals surface area contributed by atoms with Crippen LogP contribution in [0.4, 0.5) is 5.69 Å². The molecule has 2 aromatic carbocycles. The highest BCUT2D eigenvalue weighted by Crippen LogP contribution is 2.18. The van der Waals surface area contributed by atoms with Gasteiger partial charge in [-0.3, -0.25) is 4.99 Å². The Bertz CT molecular complexity index is 944. The van der Waals surface area contributed by atoms with Crippen molar-refractivity contribution in [2.24, 2.45) is 4.99 Å². The van der Waals surface area contributed by atoms with E-state index in [0.717, 1.165) is 41.4 Å². The molecule has 0 unspecified atom stereocenters. The molecule has 31 heavy (non-hydrogen) atoms. The van der Waals surface area contributed by atoms with Crippen LogP contribution in [0.25, 0.3) is 0 Å². The summed E-state index contributed by atoms with van der Waals surface area (Å²) in [4.78, 5) is 9.05. The van der Waals surface area contributed by atoms with E-state index in [0.29, 0.717) is 25.7 Å². The van der Waals surface area contributed by atoms with Crippen LogP contribution in [0.5, 0.6) is 5.75 Å². The van der Waals surface area contributed by atoms with Crippen molar-refractivity contribution in [1.82, 2.24) is 10.3 Å². The molecule has 3 aromatic rings. The molecular formula is C24H30N4O2S. The number of anilines is 1. The zero-order chi connectivity index (χ0) is 21.7. The second-order valence-corrected chi connectivity index (χ2v) is 7.93. The number of aromatic nitrogens is 1. The predicted octanol–water partition coefficient (Wildman–Crippen LogP) is 4.53. The average Bonchev–Trinajstić information content (AvgIpc) is 3.27. The first kappa shape index (κ1) is 22.8. The lowest BCUT2D eigenvalue weighted by atomic mass is 10.1. The van der Waals surface area contributed by atoms with Crippen LogP contribution in [-0.2, 0) is 24.1 Å². The molecule has 0 amide bonds. The van der Waals surface area contributed by atoms with Crippen molar-refractivity contribution in [2.45, 2.75) is 25.8 Å². The molecule has 0 spiro atoms. The number of hydrogen-bond acceptors (Lipinski definition) is 5. The van der Waals surface area contributed by atoms with E-state index in [1.54, 1.807) is 25.5 Å². The largest absolute Gasteiger partial charge is 0.493 e. The van der Waals surface area contributed by atoms with Gasteiger partial charge in [-0.15, -0.1) is 11.3 Å². The molecule has 0 saturated heterocycles. The van der Waals surface area contributed by atoms with E-state index in [-0.39, 0.29) is 0 Å². The molecule has 3 rings (SSSR count). The summed E-state index contributed by atoms with van der Waals surface area (Å²) in [5.74, 6) is 1.51. The van der Waals surface area contributed by atoms with Crippen molar-refractivity contribution in [1.29, 1.82) is 0 Å². The molecular weight excluding hydrogens is 408 g/mol. The summed E-state index contributed by atoms with van der Waals surface area (Å²) in [6.45, 7) is 1.94. The predicted molar refractivity (Wildman–Crippen MR) is 128 cm³/mol. The zero-order valence-electron chi connectivity index (χ0n) is 18.1. The number of aryl methyl sites for hydroxylation is 2. The monoisotopic (exact) mass is 438 g/mol. The summed E-state index contributed by atoms with van der Waals surface area (Å²) in [6.07, 6.45) is 2.82. The lowest BCUT2D eigenvalue weighted by Crippen LogP contribution is -2.30. The molecule has 6 nitrogen and oxygen atoms in total. The van der Waals surface area contributed by atoms with Crippen LogP contribution >= 0.6 is 11.3 Å². The minimum absolute atomic E-state index is 0.620. The van der Waals surface area contributed by atoms with Gasteiger partial charge in [-0.25, -0.2) is 4.98 Å². The van der Waals surface area contributed by atoms with Gasteiger partial charge in [-0.05, 0) is 24.1 Å². The Balaban J connectivity index is 1.46. The van der Waals surface area contributed by atoms with Crippen molar-refractivity contribution < 1.29 is 9.47 Å². The Morgan fingerprint density at radius 3 is 2.74 bits per heavy atom. The summed E-state index contributed by atoms with van der Waals surface area (Å²) >= 11 is 1.71. The second-order valence-electron chi connectivity index (χ2n) is 6.99. The zero-order valence-corrected chi connectivity index (χ0v) is 19.0. The standard InChI is InChI=1S/C24H30N4O2S/c1-25-24(28-20-10-6-11-22(16-20)30-15-7-14-29-2)26-17-21-18-31-23(27-21)13-12-19-8-4-3-5-9-19/h3-6,8-11,16,18H,7,12-15,17H2,1-2H3,(H2,25,26,28). The first-order chi connectivity index (χ1) is 15.3. The van der Waals surface area contributed by atoms with Gasteiger partial charge >= 0.3 is 0 Å². The van der Waals surface area contributed by atoms with Gasteiger partial charge in [0.2, 0.25) is 0 Å². The molecule has 1 aromatic heterocycles. The van der Waals surface area contributed by atoms with Gasteiger partial charge in [0, 0.05) is 50.7 Å². The minimum Gasteiger partial charge on any atom is -0.493 e. The van der Waals surface area contributed by atoms with E-state index in [9.17, 15) is 0 Å². The van der Waals surface area contributed by atoms with Crippen LogP contribution in [0.2, 0.25) is 0 Å². The van der Waals surface area contributed by atoms with Crippen molar-refractivity contribution in [2.75, 3.05) is 32.7 Å². The maximum absolute atomic E-state index is 5.76. The maximum atomic E-state index is 5.76. The van der Waals surface area contributed by atoms with Gasteiger partial charge in [-0.2, -0.15) is 0 Å². The molecule has 0 bridgehead atoms. The molecule has 1 heterocycles. The Morgan fingerprint density at radius 1 is 1.06 bits per heavy atom. The Morgan fingerprint density at radius 2 is 1.94 bits per heavy atom. The number of guanidine groups is 1. The molecule has 7 heteroatoms. The molecule has 0 fully saturated rings. The Kier molecular flexibility index (Phi) is 9.34. The van der Waals surface area contributed by atoms with Gasteiger partial charge in [0.15, 0.2) is 5.96 Å². The molecule has 0 radical (unpaired) electrons. The molecule has 0 saturated carbocycles. The van der Waals surface area contributed by atoms with E-state index in [1.807, 2.05) is 30.3 Å². The summed E-state index contributed by atoms with van der Waals surface area (Å²) in [5.41, 5.74) is 3.28. The number of ether oxygens (including phenoxy) is 2. The van der Waals surface area contributed by atoms with E-state index in [1.165, 1.54) is 5.56 Å². The van der Waals surface area contributed by atoms with E-state index in [4.69, 9.17) is 14.5 Å². The van der Waals surface area contributed by atoms with Crippen LogP contribution in [-0.4, -0.2) is 38.3 Å². The summed E-state index contributed by atoms with van der Waals surface area (Å²) in [6, 6.07) is 18.4. The van der Waals surface area contributed by atoms with Gasteiger partial charge in [-0.1, -0.05) is 36.4 Å². The summed E-state index contributed by atoms with van der Waals surface area (Å²) in [7, 11) is 3.45. The highest BCUT2D eigenvalue weighted by Gasteiger charge is 2.06. The van der Waals surface area contributed by atoms with Crippen LogP contribution < -0.4 is 15.4 Å². The topological polar surface area (TPSA) is 67.8 Å². The Hall–Kier alpha value is -2.90. The highest BCUT2D eigenvalue weighted by molar-refractivity contribution is 7.09. The first-order valence-electron chi connectivity index (χ1n) is 10.4. The second kappa shape index (κ2) is 12.7. The van der Waals surface area contributed by atoms with Crippen LogP contribution in [0.1, 0.15) is 22.7 Å². The fourth-order valence-electron chi connectivity index (χ4n) is 2.99. The molecule has 164 valence electrons. The van der Waals surface area contributed by atoms with Crippen LogP contribution in [0.15, 0.2) is 65.0 Å². The lowest BCUT2D eigenvalue weighted by Gasteiger charge is -2.12. The SMILES string of the molecule is CN=C(NCc1csc(CCc2ccccc2)n1)Nc1cccc(OCCCOC)c1. The van der Waals surface area contributed by atoms with Crippen LogP contribution in [0, 0.1) is 0 Å². The fraction of sp³-hybridized carbons (Fsp3) is 0.333. The molecule has 0 aliphatic rings. The Labute approximate surface area is 188 Å². The molecule has 0 aliphatic heterocycles. The quantitative estimate of drug-likeness (QED) is 0.262. The number of benzene rings is 2. The van der Waals surface area contributed by atoms with Crippen molar-refractivity contribution in [3.05, 3.63) is 76.2 Å². The number of rotatable bonds is 11. The summed E-state index contributed by atoms with van der Waals surface area (Å²) in [5, 5.41) is 9.89. The first-order valence-corrected chi connectivity index (χ1v) is 11.3. The number of thiazole rings is 1. The van der Waals surface area contributed by atoms with Crippen LogP contribution in [0.3, 0.4) is 0 Å². The number of methoxy groups -OCH3 is 1. The maximum Gasteiger partial charge on any atom is 0.195 e. The van der Waals surface area contributed by atoms with Gasteiger partial charge < -0.3 is 20.1 Å². The lowest BCUT2D eigenvalue weighted by molar-refractivity contribution is 0.172. The third-order valence-electron chi connectivity index (χ3n) is 4.59. The fourth-order valence-corrected chi connectivity index (χ4v) is 3.79. The number of hydrogen-bond donors (Lipinski definition) is 2. The van der Waals surface area contributed by atoms with Gasteiger partial charge in [0.25, 0.3) is 0 Å². The van der Waals surface area contributed by atoms with Crippen molar-refractivity contribution in [3.8, 4) is 5.75 Å². The smallest absolute Gasteiger partial charge is 0.195 e. The van der Waals surface area contributed by atoms with Gasteiger partial charge in [0.1, 0.15) is 5.75 Å². The van der Waals surface area contributed by atoms with Crippen molar-refractivity contribution >= 4 is 23.0 Å². The third-order valence-corrected chi connectivity index (χ3v) is 5.55. The van der Waals surface area contributed by atoms with E-state index >= 15 is 0 Å². The van der Waals surface area contributed by atoms with Crippen molar-refractivity contribution in [3.63, 3.8) is 0 Å². The summed E-state index contributed by atoms with van der Waals surface area (Å²) < 4.78 is 10.8. The number of nitrogens with zero attached hydrogens (tertiary/aromatic N) is 2. The number of nitrogens with one attached hydrogen (secondary N) is 2. The van der Waals surface area contributed by atoms with E-state index in [2.05, 4.69) is 45.3 Å².